The average Bonchev–Trinajstić information content (AvgIpc) is 3.26. The molecule has 1 unspecified atom stereocenters. The summed E-state index contributed by atoms with van der Waals surface area (Å²) in [5.41, 5.74) is 2.32. The van der Waals surface area contributed by atoms with E-state index < -0.39 is 5.91 Å². The molecule has 3 rings (SSSR count). The monoisotopic (exact) mass is 404 g/mol. The van der Waals surface area contributed by atoms with Gasteiger partial charge in [0.25, 0.3) is 11.8 Å². The molecule has 2 N–H and O–H groups in total. The third kappa shape index (κ3) is 5.17. The van der Waals surface area contributed by atoms with Gasteiger partial charge in [0.2, 0.25) is 0 Å². The molecule has 154 valence electrons. The van der Waals surface area contributed by atoms with Gasteiger partial charge in [0.15, 0.2) is 0 Å². The Kier molecular flexibility index (Phi) is 6.70. The number of furan rings is 1. The highest BCUT2D eigenvalue weighted by atomic mass is 16.5. The molecule has 6 nitrogen and oxygen atoms in total. The van der Waals surface area contributed by atoms with Crippen molar-refractivity contribution in [2.75, 3.05) is 7.11 Å². The molecule has 0 aliphatic carbocycles. The minimum atomic E-state index is -0.420. The Morgan fingerprint density at radius 1 is 1.03 bits per heavy atom. The van der Waals surface area contributed by atoms with Crippen LogP contribution in [-0.2, 0) is 4.79 Å². The zero-order valence-electron chi connectivity index (χ0n) is 17.1. The molecular formula is C24H24N2O4. The number of rotatable bonds is 7. The molecule has 0 aliphatic rings. The molecule has 1 atom stereocenters. The van der Waals surface area contributed by atoms with E-state index in [4.69, 9.17) is 9.15 Å². The van der Waals surface area contributed by atoms with Crippen LogP contribution in [0.5, 0.6) is 5.75 Å². The summed E-state index contributed by atoms with van der Waals surface area (Å²) >= 11 is 0. The number of methoxy groups -OCH3 is 1. The lowest BCUT2D eigenvalue weighted by molar-refractivity contribution is -0.118. The van der Waals surface area contributed by atoms with E-state index in [2.05, 4.69) is 10.6 Å². The van der Waals surface area contributed by atoms with E-state index in [9.17, 15) is 9.59 Å². The molecule has 1 aromatic heterocycles. The highest BCUT2D eigenvalue weighted by Gasteiger charge is 2.18. The van der Waals surface area contributed by atoms with Crippen LogP contribution in [0.2, 0.25) is 0 Å². The third-order valence-electron chi connectivity index (χ3n) is 4.68. The summed E-state index contributed by atoms with van der Waals surface area (Å²) in [7, 11) is 1.60. The minimum absolute atomic E-state index is 0.0959. The van der Waals surface area contributed by atoms with Crippen molar-refractivity contribution < 1.29 is 18.7 Å². The van der Waals surface area contributed by atoms with Crippen LogP contribution in [0.1, 0.15) is 40.2 Å². The SMILES string of the molecule is COc1ccc(C(C)NC(=O)/C(=C/c2ccco2)NC(=O)c2ccccc2C)cc1. The van der Waals surface area contributed by atoms with Crippen LogP contribution in [0.15, 0.2) is 77.0 Å². The second-order valence-corrected chi connectivity index (χ2v) is 6.81. The minimum Gasteiger partial charge on any atom is -0.497 e. The third-order valence-corrected chi connectivity index (χ3v) is 4.68. The zero-order chi connectivity index (χ0) is 21.5. The highest BCUT2D eigenvalue weighted by molar-refractivity contribution is 6.05. The fourth-order valence-electron chi connectivity index (χ4n) is 2.94. The number of carbonyl (C=O) groups excluding carboxylic acids is 2. The van der Waals surface area contributed by atoms with Crippen molar-refractivity contribution >= 4 is 17.9 Å². The molecular weight excluding hydrogens is 380 g/mol. The summed E-state index contributed by atoms with van der Waals surface area (Å²) in [6.07, 6.45) is 3.01. The second kappa shape index (κ2) is 9.60. The first-order chi connectivity index (χ1) is 14.5. The largest absolute Gasteiger partial charge is 0.497 e. The average molecular weight is 404 g/mol. The summed E-state index contributed by atoms with van der Waals surface area (Å²) in [4.78, 5) is 25.7. The van der Waals surface area contributed by atoms with Gasteiger partial charge in [0.1, 0.15) is 17.2 Å². The maximum absolute atomic E-state index is 13.0. The van der Waals surface area contributed by atoms with Crippen molar-refractivity contribution in [3.05, 3.63) is 95.1 Å². The number of ether oxygens (including phenoxy) is 1. The molecule has 0 saturated carbocycles. The second-order valence-electron chi connectivity index (χ2n) is 6.81. The van der Waals surface area contributed by atoms with Crippen molar-refractivity contribution in [1.82, 2.24) is 10.6 Å². The van der Waals surface area contributed by atoms with Crippen LogP contribution in [0.4, 0.5) is 0 Å². The van der Waals surface area contributed by atoms with E-state index in [0.29, 0.717) is 11.3 Å². The Balaban J connectivity index is 1.80. The van der Waals surface area contributed by atoms with Crippen LogP contribution in [0, 0.1) is 6.92 Å². The quantitative estimate of drug-likeness (QED) is 0.577. The van der Waals surface area contributed by atoms with Gasteiger partial charge in [-0.15, -0.1) is 0 Å². The summed E-state index contributed by atoms with van der Waals surface area (Å²) < 4.78 is 10.5. The van der Waals surface area contributed by atoms with Gasteiger partial charge >= 0.3 is 0 Å². The molecule has 6 heteroatoms. The van der Waals surface area contributed by atoms with Crippen LogP contribution in [-0.4, -0.2) is 18.9 Å². The molecule has 3 aromatic rings. The molecule has 1 heterocycles. The Morgan fingerprint density at radius 2 is 1.77 bits per heavy atom. The maximum atomic E-state index is 13.0. The number of carbonyl (C=O) groups is 2. The van der Waals surface area contributed by atoms with Gasteiger partial charge in [-0.25, -0.2) is 0 Å². The Bertz CT molecular complexity index is 1040. The van der Waals surface area contributed by atoms with Gasteiger partial charge in [-0.3, -0.25) is 9.59 Å². The topological polar surface area (TPSA) is 80.6 Å². The molecule has 0 aliphatic heterocycles. The molecule has 0 bridgehead atoms. The van der Waals surface area contributed by atoms with Crippen molar-refractivity contribution in [1.29, 1.82) is 0 Å². The number of amides is 2. The van der Waals surface area contributed by atoms with E-state index in [1.807, 2.05) is 50.2 Å². The summed E-state index contributed by atoms with van der Waals surface area (Å²) in [6, 6.07) is 17.8. The first-order valence-corrected chi connectivity index (χ1v) is 9.55. The number of hydrogen-bond acceptors (Lipinski definition) is 4. The van der Waals surface area contributed by atoms with Gasteiger partial charge in [-0.2, -0.15) is 0 Å². The zero-order valence-corrected chi connectivity index (χ0v) is 17.1. The summed E-state index contributed by atoms with van der Waals surface area (Å²) in [5.74, 6) is 0.415. The van der Waals surface area contributed by atoms with E-state index in [1.165, 1.54) is 12.3 Å². The van der Waals surface area contributed by atoms with Gasteiger partial charge in [0, 0.05) is 11.6 Å². The van der Waals surface area contributed by atoms with Gasteiger partial charge in [-0.1, -0.05) is 30.3 Å². The fraction of sp³-hybridized carbons (Fsp3) is 0.167. The fourth-order valence-corrected chi connectivity index (χ4v) is 2.94. The van der Waals surface area contributed by atoms with Gasteiger partial charge < -0.3 is 19.8 Å². The van der Waals surface area contributed by atoms with Crippen molar-refractivity contribution in [2.24, 2.45) is 0 Å². The van der Waals surface area contributed by atoms with Crippen LogP contribution >= 0.6 is 0 Å². The van der Waals surface area contributed by atoms with Crippen molar-refractivity contribution in [2.45, 2.75) is 19.9 Å². The molecule has 0 fully saturated rings. The van der Waals surface area contributed by atoms with Crippen molar-refractivity contribution in [3.63, 3.8) is 0 Å². The molecule has 30 heavy (non-hydrogen) atoms. The molecule has 2 amide bonds. The van der Waals surface area contributed by atoms with Crippen LogP contribution < -0.4 is 15.4 Å². The van der Waals surface area contributed by atoms with Crippen molar-refractivity contribution in [3.8, 4) is 5.75 Å². The van der Waals surface area contributed by atoms with Gasteiger partial charge in [0.05, 0.1) is 19.4 Å². The van der Waals surface area contributed by atoms with E-state index >= 15 is 0 Å². The van der Waals surface area contributed by atoms with Gasteiger partial charge in [-0.05, 0) is 55.3 Å². The molecule has 0 saturated heterocycles. The predicted molar refractivity (Wildman–Crippen MR) is 115 cm³/mol. The lowest BCUT2D eigenvalue weighted by Crippen LogP contribution is -2.36. The molecule has 0 spiro atoms. The number of nitrogens with one attached hydrogen (secondary N) is 2. The Morgan fingerprint density at radius 3 is 2.40 bits per heavy atom. The van der Waals surface area contributed by atoms with E-state index in [-0.39, 0.29) is 17.6 Å². The number of hydrogen-bond donors (Lipinski definition) is 2. The van der Waals surface area contributed by atoms with E-state index in [0.717, 1.165) is 16.9 Å². The van der Waals surface area contributed by atoms with Crippen LogP contribution in [0.25, 0.3) is 6.08 Å². The number of aryl methyl sites for hydroxylation is 1. The maximum Gasteiger partial charge on any atom is 0.268 e. The summed E-state index contributed by atoms with van der Waals surface area (Å²) in [5, 5.41) is 5.63. The molecule has 2 aromatic carbocycles. The number of benzene rings is 2. The lowest BCUT2D eigenvalue weighted by Gasteiger charge is -2.17. The summed E-state index contributed by atoms with van der Waals surface area (Å²) in [6.45, 7) is 3.71. The normalized spacial score (nSPS) is 12.2. The molecule has 0 radical (unpaired) electrons. The predicted octanol–water partition coefficient (Wildman–Crippen LogP) is 4.24. The first kappa shape index (κ1) is 20.9. The first-order valence-electron chi connectivity index (χ1n) is 9.55. The lowest BCUT2D eigenvalue weighted by atomic mass is 10.1. The van der Waals surface area contributed by atoms with E-state index in [1.54, 1.807) is 31.4 Å². The highest BCUT2D eigenvalue weighted by Crippen LogP contribution is 2.18. The Hall–Kier alpha value is -3.80. The Labute approximate surface area is 175 Å². The smallest absolute Gasteiger partial charge is 0.268 e. The van der Waals surface area contributed by atoms with Crippen LogP contribution in [0.3, 0.4) is 0 Å². The standard InChI is InChI=1S/C24H24N2O4/c1-16-7-4-5-9-21(16)23(27)26-22(15-20-8-6-14-30-20)24(28)25-17(2)18-10-12-19(29-3)13-11-18/h4-15,17H,1-3H3,(H,25,28)(H,26,27)/b22-15-.